The number of halogens is 1. The van der Waals surface area contributed by atoms with Gasteiger partial charge in [0.15, 0.2) is 5.78 Å². The Labute approximate surface area is 272 Å². The maximum absolute atomic E-state index is 14.4. The molecule has 5 rings (SSSR count). The average molecular weight is 641 g/mol. The summed E-state index contributed by atoms with van der Waals surface area (Å²) in [7, 11) is 1.59. The van der Waals surface area contributed by atoms with Gasteiger partial charge in [0.2, 0.25) is 11.8 Å². The molecule has 3 aliphatic rings. The molecule has 0 bridgehead atoms. The molecule has 9 nitrogen and oxygen atoms in total. The van der Waals surface area contributed by atoms with Crippen LogP contribution in [-0.4, -0.2) is 75.9 Å². The van der Waals surface area contributed by atoms with Crippen molar-refractivity contribution in [2.75, 3.05) is 25.0 Å². The number of Topliss-reactive ketones (excluding diaryl/α,β-unsaturated/α-hetero) is 1. The predicted molar refractivity (Wildman–Crippen MR) is 176 cm³/mol. The molecule has 10 heteroatoms. The lowest BCUT2D eigenvalue weighted by atomic mass is 9.76. The summed E-state index contributed by atoms with van der Waals surface area (Å²) in [5.74, 6) is -0.197. The molecule has 0 spiro atoms. The standard InChI is InChI=1S/C35H49ClN4O5/c1-23(37(5)34(44)45-35(2,3)4)31(41)20-27(24-11-7-6-8-12-24)33(43)39-17-9-13-26(39)21-38-22-30(40-18-10-14-32(40)42)28-19-25(36)15-16-29(28)38/h15-16,19,22-24,26-27H,6-14,17-18,20-21H2,1-5H3/t23-,26-,27-/m0/s1. The highest BCUT2D eigenvalue weighted by molar-refractivity contribution is 6.31. The minimum Gasteiger partial charge on any atom is -0.444 e. The molecular weight excluding hydrogens is 592 g/mol. The monoisotopic (exact) mass is 640 g/mol. The van der Waals surface area contributed by atoms with Crippen LogP contribution in [0.3, 0.4) is 0 Å². The first-order chi connectivity index (χ1) is 21.3. The van der Waals surface area contributed by atoms with Gasteiger partial charge in [-0.2, -0.15) is 0 Å². The van der Waals surface area contributed by atoms with E-state index in [9.17, 15) is 19.2 Å². The number of carbonyl (C=O) groups is 4. The van der Waals surface area contributed by atoms with Gasteiger partial charge in [-0.05, 0) is 83.9 Å². The first-order valence-electron chi connectivity index (χ1n) is 16.7. The van der Waals surface area contributed by atoms with Gasteiger partial charge in [0, 0.05) is 68.1 Å². The number of hydrogen-bond donors (Lipinski definition) is 0. The summed E-state index contributed by atoms with van der Waals surface area (Å²) in [6.45, 7) is 9.08. The molecule has 1 aromatic carbocycles. The Morgan fingerprint density at radius 3 is 2.44 bits per heavy atom. The van der Waals surface area contributed by atoms with E-state index >= 15 is 0 Å². The van der Waals surface area contributed by atoms with Crippen molar-refractivity contribution in [3.63, 3.8) is 0 Å². The van der Waals surface area contributed by atoms with Crippen LogP contribution >= 0.6 is 11.6 Å². The molecule has 1 aromatic heterocycles. The molecule has 2 aromatic rings. The number of likely N-dealkylation sites (tertiary alicyclic amines) is 1. The molecule has 3 fully saturated rings. The van der Waals surface area contributed by atoms with Gasteiger partial charge < -0.3 is 24.0 Å². The summed E-state index contributed by atoms with van der Waals surface area (Å²) in [6.07, 6.45) is 9.95. The number of anilines is 1. The van der Waals surface area contributed by atoms with Crippen molar-refractivity contribution in [1.82, 2.24) is 14.4 Å². The van der Waals surface area contributed by atoms with Crippen molar-refractivity contribution in [2.24, 2.45) is 11.8 Å². The lowest BCUT2D eigenvalue weighted by Crippen LogP contribution is -2.47. The molecule has 0 unspecified atom stereocenters. The Hall–Kier alpha value is -3.07. The van der Waals surface area contributed by atoms with E-state index in [1.165, 1.54) is 4.90 Å². The van der Waals surface area contributed by atoms with E-state index in [-0.39, 0.29) is 36.0 Å². The number of likely N-dealkylation sites (N-methyl/N-ethyl adjacent to an activating group) is 1. The molecular formula is C35H49ClN4O5. The van der Waals surface area contributed by atoms with Gasteiger partial charge in [-0.15, -0.1) is 0 Å². The minimum atomic E-state index is -0.696. The summed E-state index contributed by atoms with van der Waals surface area (Å²) in [5.41, 5.74) is 1.20. The van der Waals surface area contributed by atoms with Crippen molar-refractivity contribution in [1.29, 1.82) is 0 Å². The molecule has 1 aliphatic carbocycles. The number of nitrogens with zero attached hydrogens (tertiary/aromatic N) is 4. The first kappa shape index (κ1) is 33.3. The third-order valence-corrected chi connectivity index (χ3v) is 10.2. The SMILES string of the molecule is C[C@@H](C(=O)C[C@H](C(=O)N1CCC[C@H]1Cn1cc(N2CCCC2=O)c2cc(Cl)ccc21)C1CCCCC1)N(C)C(=O)OC(C)(C)C. The van der Waals surface area contributed by atoms with Crippen LogP contribution in [0.5, 0.6) is 0 Å². The lowest BCUT2D eigenvalue weighted by molar-refractivity contribution is -0.142. The largest absolute Gasteiger partial charge is 0.444 e. The molecule has 3 amide bonds. The summed E-state index contributed by atoms with van der Waals surface area (Å²) >= 11 is 6.39. The van der Waals surface area contributed by atoms with Crippen molar-refractivity contribution >= 4 is 51.9 Å². The fourth-order valence-corrected chi connectivity index (χ4v) is 7.53. The highest BCUT2D eigenvalue weighted by Gasteiger charge is 2.40. The van der Waals surface area contributed by atoms with Crippen LogP contribution in [0.2, 0.25) is 5.02 Å². The van der Waals surface area contributed by atoms with Gasteiger partial charge in [0.1, 0.15) is 5.60 Å². The third-order valence-electron chi connectivity index (χ3n) is 9.94. The second-order valence-electron chi connectivity index (χ2n) is 14.2. The fraction of sp³-hybridized carbons (Fsp3) is 0.657. The zero-order valence-electron chi connectivity index (χ0n) is 27.5. The molecule has 3 heterocycles. The summed E-state index contributed by atoms with van der Waals surface area (Å²) < 4.78 is 7.67. The van der Waals surface area contributed by atoms with Crippen LogP contribution in [0, 0.1) is 11.8 Å². The van der Waals surface area contributed by atoms with Crippen LogP contribution in [0.25, 0.3) is 10.9 Å². The molecule has 2 saturated heterocycles. The van der Waals surface area contributed by atoms with Crippen LogP contribution in [0.15, 0.2) is 24.4 Å². The van der Waals surface area contributed by atoms with E-state index in [0.29, 0.717) is 31.1 Å². The van der Waals surface area contributed by atoms with Crippen LogP contribution in [0.1, 0.15) is 91.9 Å². The third kappa shape index (κ3) is 7.50. The summed E-state index contributed by atoms with van der Waals surface area (Å²) in [5, 5.41) is 1.57. The number of amides is 3. The number of rotatable bonds is 9. The number of carbonyl (C=O) groups excluding carboxylic acids is 4. The highest BCUT2D eigenvalue weighted by Crippen LogP contribution is 2.37. The Balaban J connectivity index is 1.36. The maximum Gasteiger partial charge on any atom is 0.410 e. The normalized spacial score (nSPS) is 20.9. The number of ether oxygens (including phenoxy) is 1. The van der Waals surface area contributed by atoms with E-state index in [2.05, 4.69) is 4.57 Å². The lowest BCUT2D eigenvalue weighted by Gasteiger charge is -2.35. The van der Waals surface area contributed by atoms with Gasteiger partial charge in [-0.25, -0.2) is 4.79 Å². The Bertz CT molecular complexity index is 1420. The Morgan fingerprint density at radius 2 is 1.78 bits per heavy atom. The second kappa shape index (κ2) is 13.7. The van der Waals surface area contributed by atoms with E-state index < -0.39 is 23.7 Å². The van der Waals surface area contributed by atoms with E-state index in [1.807, 2.05) is 34.2 Å². The molecule has 2 aliphatic heterocycles. The van der Waals surface area contributed by atoms with Crippen molar-refractivity contribution in [2.45, 2.75) is 116 Å². The average Bonchev–Trinajstić information content (AvgIpc) is 3.73. The zero-order chi connectivity index (χ0) is 32.5. The van der Waals surface area contributed by atoms with Gasteiger partial charge in [0.05, 0.1) is 17.2 Å². The highest BCUT2D eigenvalue weighted by atomic mass is 35.5. The van der Waals surface area contributed by atoms with Crippen LogP contribution in [-0.2, 0) is 25.7 Å². The summed E-state index contributed by atoms with van der Waals surface area (Å²) in [6, 6.07) is 5.07. The Kier molecular flexibility index (Phi) is 10.2. The fourth-order valence-electron chi connectivity index (χ4n) is 7.36. The Morgan fingerprint density at radius 1 is 1.04 bits per heavy atom. The molecule has 1 saturated carbocycles. The number of fused-ring (bicyclic) bond motifs is 1. The number of benzene rings is 1. The van der Waals surface area contributed by atoms with Gasteiger partial charge in [0.25, 0.3) is 0 Å². The molecule has 246 valence electrons. The maximum atomic E-state index is 14.4. The van der Waals surface area contributed by atoms with Gasteiger partial charge >= 0.3 is 6.09 Å². The zero-order valence-corrected chi connectivity index (χ0v) is 28.3. The second-order valence-corrected chi connectivity index (χ2v) is 14.7. The molecule has 0 N–H and O–H groups in total. The van der Waals surface area contributed by atoms with Crippen LogP contribution < -0.4 is 4.90 Å². The molecule has 3 atom stereocenters. The minimum absolute atomic E-state index is 0.0195. The van der Waals surface area contributed by atoms with Crippen LogP contribution in [0.4, 0.5) is 10.5 Å². The number of ketones is 1. The van der Waals surface area contributed by atoms with Crippen molar-refractivity contribution in [3.8, 4) is 0 Å². The quantitative estimate of drug-likeness (QED) is 0.300. The predicted octanol–water partition coefficient (Wildman–Crippen LogP) is 6.82. The van der Waals surface area contributed by atoms with Crippen molar-refractivity contribution in [3.05, 3.63) is 29.4 Å². The van der Waals surface area contributed by atoms with Gasteiger partial charge in [-0.3, -0.25) is 14.4 Å². The van der Waals surface area contributed by atoms with Crippen molar-refractivity contribution < 1.29 is 23.9 Å². The topological polar surface area (TPSA) is 92.2 Å². The smallest absolute Gasteiger partial charge is 0.410 e. The number of aromatic nitrogens is 1. The van der Waals surface area contributed by atoms with E-state index in [0.717, 1.165) is 68.0 Å². The summed E-state index contributed by atoms with van der Waals surface area (Å²) in [4.78, 5) is 58.7. The molecule has 45 heavy (non-hydrogen) atoms. The van der Waals surface area contributed by atoms with Gasteiger partial charge in [-0.1, -0.05) is 30.9 Å². The van der Waals surface area contributed by atoms with E-state index in [4.69, 9.17) is 16.3 Å². The first-order valence-corrected chi connectivity index (χ1v) is 17.1. The number of hydrogen-bond acceptors (Lipinski definition) is 5. The molecule has 0 radical (unpaired) electrons. The van der Waals surface area contributed by atoms with E-state index in [1.54, 1.807) is 34.7 Å².